The Morgan fingerprint density at radius 3 is 3.05 bits per heavy atom. The molecular weight excluding hydrogens is 280 g/mol. The van der Waals surface area contributed by atoms with Crippen LogP contribution in [0.2, 0.25) is 0 Å². The minimum absolute atomic E-state index is 0.281. The number of nitrogens with zero attached hydrogens (tertiary/aromatic N) is 1. The molecule has 2 aliphatic heterocycles. The van der Waals surface area contributed by atoms with E-state index in [0.717, 1.165) is 51.6 Å². The van der Waals surface area contributed by atoms with Gasteiger partial charge in [-0.05, 0) is 55.7 Å². The van der Waals surface area contributed by atoms with Gasteiger partial charge in [0.05, 0.1) is 11.6 Å². The largest absolute Gasteiger partial charge is 0.334 e. The van der Waals surface area contributed by atoms with Gasteiger partial charge >= 0.3 is 0 Å². The minimum Gasteiger partial charge on any atom is -0.334 e. The van der Waals surface area contributed by atoms with Crippen LogP contribution in [0.5, 0.6) is 0 Å². The smallest absolute Gasteiger partial charge is 0.243 e. The van der Waals surface area contributed by atoms with E-state index < -0.39 is 0 Å². The van der Waals surface area contributed by atoms with E-state index >= 15 is 0 Å². The first-order valence-corrected chi connectivity index (χ1v) is 9.22. The molecule has 1 amide bonds. The van der Waals surface area contributed by atoms with Crippen molar-refractivity contribution in [2.24, 2.45) is 0 Å². The molecule has 3 nitrogen and oxygen atoms in total. The Morgan fingerprint density at radius 2 is 2.38 bits per heavy atom. The van der Waals surface area contributed by atoms with Crippen LogP contribution in [0.25, 0.3) is 0 Å². The summed E-state index contributed by atoms with van der Waals surface area (Å²) in [6.07, 6.45) is 6.20. The van der Waals surface area contributed by atoms with Crippen LogP contribution in [0.15, 0.2) is 11.4 Å². The second-order valence-corrected chi connectivity index (χ2v) is 7.33. The maximum Gasteiger partial charge on any atom is 0.243 e. The Hall–Kier alpha value is -0.870. The van der Waals surface area contributed by atoms with Crippen LogP contribution in [-0.2, 0) is 11.2 Å². The Kier molecular flexibility index (Phi) is 4.36. The molecule has 0 saturated carbocycles. The summed E-state index contributed by atoms with van der Waals surface area (Å²) in [5.41, 5.74) is 1.11. The van der Waals surface area contributed by atoms with Crippen LogP contribution in [-0.4, -0.2) is 29.4 Å². The molecule has 3 heterocycles. The van der Waals surface area contributed by atoms with Gasteiger partial charge in [-0.15, -0.1) is 11.3 Å². The zero-order chi connectivity index (χ0) is 14.9. The molecule has 1 N–H and O–H groups in total. The van der Waals surface area contributed by atoms with Gasteiger partial charge in [0.1, 0.15) is 0 Å². The number of thiophene rings is 1. The Balaban J connectivity index is 1.87. The molecule has 2 unspecified atom stereocenters. The van der Waals surface area contributed by atoms with E-state index in [1.807, 2.05) is 11.3 Å². The first kappa shape index (κ1) is 15.0. The summed E-state index contributed by atoms with van der Waals surface area (Å²) in [7, 11) is 0. The normalized spacial score (nSPS) is 28.7. The Bertz CT molecular complexity index is 505. The zero-order valence-electron chi connectivity index (χ0n) is 13.2. The van der Waals surface area contributed by atoms with E-state index in [-0.39, 0.29) is 11.6 Å². The maximum atomic E-state index is 13.3. The third-order valence-electron chi connectivity index (χ3n) is 5.07. The molecule has 2 aliphatic rings. The molecule has 1 fully saturated rings. The Morgan fingerprint density at radius 1 is 1.52 bits per heavy atom. The van der Waals surface area contributed by atoms with Crippen molar-refractivity contribution in [2.45, 2.75) is 64.0 Å². The fourth-order valence-electron chi connectivity index (χ4n) is 4.09. The highest BCUT2D eigenvalue weighted by Gasteiger charge is 2.45. The number of amides is 1. The van der Waals surface area contributed by atoms with Gasteiger partial charge < -0.3 is 10.2 Å². The van der Waals surface area contributed by atoms with Gasteiger partial charge in [0, 0.05) is 11.4 Å². The van der Waals surface area contributed by atoms with Gasteiger partial charge in [-0.3, -0.25) is 4.79 Å². The number of hydrogen-bond acceptors (Lipinski definition) is 3. The van der Waals surface area contributed by atoms with Gasteiger partial charge in [-0.1, -0.05) is 20.3 Å². The van der Waals surface area contributed by atoms with Gasteiger partial charge in [-0.25, -0.2) is 0 Å². The molecule has 4 heteroatoms. The molecule has 0 radical (unpaired) electrons. The molecule has 1 saturated heterocycles. The number of carbonyl (C=O) groups is 1. The molecule has 3 rings (SSSR count). The number of rotatable bonds is 4. The molecule has 0 aromatic carbocycles. The summed E-state index contributed by atoms with van der Waals surface area (Å²) in [6, 6.07) is 2.51. The maximum absolute atomic E-state index is 13.3. The van der Waals surface area contributed by atoms with Crippen LogP contribution < -0.4 is 5.32 Å². The van der Waals surface area contributed by atoms with E-state index in [4.69, 9.17) is 0 Å². The standard InChI is InChI=1S/C17H26N2OS/c1-3-8-17(9-5-10-18-17)16(20)19-11-6-15-13(7-12-21-15)14(19)4-2/h7,12,14,18H,3-6,8-11H2,1-2H3. The molecule has 2 atom stereocenters. The van der Waals surface area contributed by atoms with Crippen molar-refractivity contribution in [2.75, 3.05) is 13.1 Å². The number of carbonyl (C=O) groups excluding carboxylic acids is 1. The predicted octanol–water partition coefficient (Wildman–Crippen LogP) is 3.51. The highest BCUT2D eigenvalue weighted by Crippen LogP contribution is 2.38. The lowest BCUT2D eigenvalue weighted by molar-refractivity contribution is -0.141. The third kappa shape index (κ3) is 2.53. The van der Waals surface area contributed by atoms with Crippen molar-refractivity contribution in [3.63, 3.8) is 0 Å². The quantitative estimate of drug-likeness (QED) is 0.923. The van der Waals surface area contributed by atoms with Gasteiger partial charge in [0.2, 0.25) is 5.91 Å². The molecule has 1 aromatic rings. The summed E-state index contributed by atoms with van der Waals surface area (Å²) in [5, 5.41) is 5.72. The summed E-state index contributed by atoms with van der Waals surface area (Å²) < 4.78 is 0. The lowest BCUT2D eigenvalue weighted by atomic mass is 9.87. The Labute approximate surface area is 131 Å². The van der Waals surface area contributed by atoms with Crippen LogP contribution in [0.3, 0.4) is 0 Å². The molecule has 0 aliphatic carbocycles. The summed E-state index contributed by atoms with van der Waals surface area (Å²) >= 11 is 1.85. The van der Waals surface area contributed by atoms with Crippen molar-refractivity contribution in [1.29, 1.82) is 0 Å². The van der Waals surface area contributed by atoms with E-state index in [9.17, 15) is 4.79 Å². The molecule has 21 heavy (non-hydrogen) atoms. The van der Waals surface area contributed by atoms with Crippen molar-refractivity contribution in [3.8, 4) is 0 Å². The van der Waals surface area contributed by atoms with Crippen LogP contribution >= 0.6 is 11.3 Å². The lowest BCUT2D eigenvalue weighted by Gasteiger charge is -2.41. The third-order valence-corrected chi connectivity index (χ3v) is 6.07. The van der Waals surface area contributed by atoms with Crippen molar-refractivity contribution in [1.82, 2.24) is 10.2 Å². The van der Waals surface area contributed by atoms with Gasteiger partial charge in [0.15, 0.2) is 0 Å². The van der Waals surface area contributed by atoms with E-state index in [0.29, 0.717) is 5.91 Å². The molecule has 1 aromatic heterocycles. The number of nitrogens with one attached hydrogen (secondary N) is 1. The van der Waals surface area contributed by atoms with Gasteiger partial charge in [-0.2, -0.15) is 0 Å². The summed E-state index contributed by atoms with van der Waals surface area (Å²) in [5.74, 6) is 0.352. The average molecular weight is 306 g/mol. The summed E-state index contributed by atoms with van der Waals surface area (Å²) in [4.78, 5) is 16.9. The lowest BCUT2D eigenvalue weighted by Crippen LogP contribution is -2.56. The molecule has 0 spiro atoms. The zero-order valence-corrected chi connectivity index (χ0v) is 14.0. The predicted molar refractivity (Wildman–Crippen MR) is 87.6 cm³/mol. The molecular formula is C17H26N2OS. The molecule has 0 bridgehead atoms. The second kappa shape index (κ2) is 6.09. The SMILES string of the molecule is CCCC1(C(=O)N2CCc3sccc3C2CC)CCCN1. The first-order chi connectivity index (χ1) is 10.2. The second-order valence-electron chi connectivity index (χ2n) is 6.33. The first-order valence-electron chi connectivity index (χ1n) is 8.34. The minimum atomic E-state index is -0.282. The van der Waals surface area contributed by atoms with Crippen molar-refractivity contribution < 1.29 is 4.79 Å². The monoisotopic (exact) mass is 306 g/mol. The van der Waals surface area contributed by atoms with E-state index in [1.54, 1.807) is 0 Å². The van der Waals surface area contributed by atoms with Crippen molar-refractivity contribution in [3.05, 3.63) is 21.9 Å². The summed E-state index contributed by atoms with van der Waals surface area (Å²) in [6.45, 7) is 6.25. The van der Waals surface area contributed by atoms with Gasteiger partial charge in [0.25, 0.3) is 0 Å². The average Bonchev–Trinajstić information content (AvgIpc) is 3.15. The van der Waals surface area contributed by atoms with Crippen LogP contribution in [0, 0.1) is 0 Å². The van der Waals surface area contributed by atoms with Crippen molar-refractivity contribution >= 4 is 17.2 Å². The number of fused-ring (bicyclic) bond motifs is 1. The molecule has 116 valence electrons. The van der Waals surface area contributed by atoms with E-state index in [1.165, 1.54) is 10.4 Å². The topological polar surface area (TPSA) is 32.3 Å². The highest BCUT2D eigenvalue weighted by atomic mass is 32.1. The van der Waals surface area contributed by atoms with Crippen LogP contribution in [0.1, 0.15) is 62.4 Å². The van der Waals surface area contributed by atoms with E-state index in [2.05, 4.69) is 35.5 Å². The fraction of sp³-hybridized carbons (Fsp3) is 0.706. The van der Waals surface area contributed by atoms with Crippen LogP contribution in [0.4, 0.5) is 0 Å². The fourth-order valence-corrected chi connectivity index (χ4v) is 5.02. The number of hydrogen-bond donors (Lipinski definition) is 1. The highest BCUT2D eigenvalue weighted by molar-refractivity contribution is 7.10.